The van der Waals surface area contributed by atoms with E-state index in [2.05, 4.69) is 24.1 Å². The summed E-state index contributed by atoms with van der Waals surface area (Å²) < 4.78 is 0. The van der Waals surface area contributed by atoms with Gasteiger partial charge in [0.1, 0.15) is 5.82 Å². The maximum atomic E-state index is 12.1. The molecule has 3 N–H and O–H groups in total. The minimum Gasteiger partial charge on any atom is -0.384 e. The average Bonchev–Trinajstić information content (AvgIpc) is 2.42. The Morgan fingerprint density at radius 2 is 1.90 bits per heavy atom. The van der Waals surface area contributed by atoms with E-state index in [9.17, 15) is 4.79 Å². The zero-order chi connectivity index (χ0) is 14.6. The third kappa shape index (κ3) is 3.57. The van der Waals surface area contributed by atoms with Gasteiger partial charge in [0.05, 0.1) is 11.9 Å². The molecule has 0 bridgehead atoms. The number of benzene rings is 1. The first-order valence-corrected chi connectivity index (χ1v) is 6.54. The van der Waals surface area contributed by atoms with Gasteiger partial charge in [0.15, 0.2) is 0 Å². The van der Waals surface area contributed by atoms with Crippen LogP contribution in [0.15, 0.2) is 48.7 Å². The summed E-state index contributed by atoms with van der Waals surface area (Å²) in [5.74, 6) is 0.401. The van der Waals surface area contributed by atoms with Crippen LogP contribution in [0.5, 0.6) is 0 Å². The molecule has 4 nitrogen and oxygen atoms in total. The Labute approximate surface area is 119 Å². The summed E-state index contributed by atoms with van der Waals surface area (Å²) >= 11 is 0. The molecule has 0 saturated heterocycles. The van der Waals surface area contributed by atoms with E-state index >= 15 is 0 Å². The number of hydrogen-bond acceptors (Lipinski definition) is 3. The van der Waals surface area contributed by atoms with Gasteiger partial charge in [0, 0.05) is 6.42 Å². The van der Waals surface area contributed by atoms with Gasteiger partial charge in [0.2, 0.25) is 5.91 Å². The van der Waals surface area contributed by atoms with Crippen molar-refractivity contribution in [2.75, 3.05) is 11.1 Å². The monoisotopic (exact) mass is 269 g/mol. The zero-order valence-electron chi connectivity index (χ0n) is 11.8. The first kappa shape index (κ1) is 14.1. The van der Waals surface area contributed by atoms with Gasteiger partial charge in [-0.2, -0.15) is 0 Å². The highest BCUT2D eigenvalue weighted by Crippen LogP contribution is 2.27. The lowest BCUT2D eigenvalue weighted by Crippen LogP contribution is -2.25. The third-order valence-corrected chi connectivity index (χ3v) is 3.23. The molecule has 0 aliphatic rings. The Hall–Kier alpha value is -2.36. The molecule has 0 spiro atoms. The van der Waals surface area contributed by atoms with Crippen molar-refractivity contribution >= 4 is 17.4 Å². The molecule has 0 radical (unpaired) electrons. The standard InChI is InChI=1S/C16H19N3O/c1-16(2,12-6-4-3-5-7-12)10-15(20)19-13-8-9-14(17)18-11-13/h3-9,11H,10H2,1-2H3,(H2,17,18)(H,19,20). The predicted molar refractivity (Wildman–Crippen MR) is 81.4 cm³/mol. The molecule has 1 amide bonds. The Morgan fingerprint density at radius 3 is 2.50 bits per heavy atom. The van der Waals surface area contributed by atoms with E-state index in [4.69, 9.17) is 5.73 Å². The number of nitrogens with zero attached hydrogens (tertiary/aromatic N) is 1. The molecule has 1 heterocycles. The lowest BCUT2D eigenvalue weighted by atomic mass is 9.81. The van der Waals surface area contributed by atoms with E-state index in [0.29, 0.717) is 17.9 Å². The third-order valence-electron chi connectivity index (χ3n) is 3.23. The first-order valence-electron chi connectivity index (χ1n) is 6.54. The van der Waals surface area contributed by atoms with Crippen LogP contribution < -0.4 is 11.1 Å². The zero-order valence-corrected chi connectivity index (χ0v) is 11.8. The lowest BCUT2D eigenvalue weighted by Gasteiger charge is -2.24. The molecule has 2 aromatic rings. The van der Waals surface area contributed by atoms with Gasteiger partial charge in [-0.1, -0.05) is 44.2 Å². The average molecular weight is 269 g/mol. The van der Waals surface area contributed by atoms with Gasteiger partial charge in [-0.25, -0.2) is 4.98 Å². The van der Waals surface area contributed by atoms with Gasteiger partial charge in [-0.15, -0.1) is 0 Å². The number of carbonyl (C=O) groups excluding carboxylic acids is 1. The largest absolute Gasteiger partial charge is 0.384 e. The van der Waals surface area contributed by atoms with Crippen LogP contribution in [0.4, 0.5) is 11.5 Å². The summed E-state index contributed by atoms with van der Waals surface area (Å²) in [5, 5.41) is 2.84. The molecule has 0 unspecified atom stereocenters. The number of nitrogens with one attached hydrogen (secondary N) is 1. The van der Waals surface area contributed by atoms with Crippen LogP contribution in [0.2, 0.25) is 0 Å². The number of anilines is 2. The summed E-state index contributed by atoms with van der Waals surface area (Å²) in [7, 11) is 0. The molecule has 1 aromatic carbocycles. The fourth-order valence-corrected chi connectivity index (χ4v) is 2.08. The summed E-state index contributed by atoms with van der Waals surface area (Å²) in [4.78, 5) is 16.1. The van der Waals surface area contributed by atoms with Crippen LogP contribution in [-0.4, -0.2) is 10.9 Å². The molecule has 0 atom stereocenters. The Bertz CT molecular complexity index is 576. The van der Waals surface area contributed by atoms with Crippen molar-refractivity contribution < 1.29 is 4.79 Å². The van der Waals surface area contributed by atoms with Crippen molar-refractivity contribution in [1.82, 2.24) is 4.98 Å². The second-order valence-electron chi connectivity index (χ2n) is 5.45. The molecule has 104 valence electrons. The quantitative estimate of drug-likeness (QED) is 0.896. The van der Waals surface area contributed by atoms with Crippen molar-refractivity contribution in [2.45, 2.75) is 25.7 Å². The number of hydrogen-bond donors (Lipinski definition) is 2. The number of rotatable bonds is 4. The van der Waals surface area contributed by atoms with Gasteiger partial charge >= 0.3 is 0 Å². The highest BCUT2D eigenvalue weighted by atomic mass is 16.1. The van der Waals surface area contributed by atoms with Crippen LogP contribution in [0, 0.1) is 0 Å². The minimum absolute atomic E-state index is 0.0366. The van der Waals surface area contributed by atoms with Crippen molar-refractivity contribution in [1.29, 1.82) is 0 Å². The summed E-state index contributed by atoms with van der Waals surface area (Å²) in [6.07, 6.45) is 1.96. The first-order chi connectivity index (χ1) is 9.47. The lowest BCUT2D eigenvalue weighted by molar-refractivity contribution is -0.117. The molecule has 20 heavy (non-hydrogen) atoms. The normalized spacial score (nSPS) is 11.1. The fourth-order valence-electron chi connectivity index (χ4n) is 2.08. The van der Waals surface area contributed by atoms with Crippen LogP contribution in [0.25, 0.3) is 0 Å². The van der Waals surface area contributed by atoms with E-state index in [1.54, 1.807) is 18.3 Å². The van der Waals surface area contributed by atoms with E-state index in [1.165, 1.54) is 0 Å². The van der Waals surface area contributed by atoms with Gasteiger partial charge < -0.3 is 11.1 Å². The second kappa shape index (κ2) is 5.74. The Balaban J connectivity index is 2.02. The van der Waals surface area contributed by atoms with Gasteiger partial charge in [0.25, 0.3) is 0 Å². The number of nitrogen functional groups attached to an aromatic ring is 1. The maximum absolute atomic E-state index is 12.1. The van der Waals surface area contributed by atoms with Crippen LogP contribution >= 0.6 is 0 Å². The Kier molecular flexibility index (Phi) is 4.03. The smallest absolute Gasteiger partial charge is 0.225 e. The van der Waals surface area contributed by atoms with Crippen LogP contribution in [-0.2, 0) is 10.2 Å². The number of pyridine rings is 1. The van der Waals surface area contributed by atoms with Gasteiger partial charge in [-0.05, 0) is 23.1 Å². The van der Waals surface area contributed by atoms with E-state index in [-0.39, 0.29) is 11.3 Å². The van der Waals surface area contributed by atoms with Crippen LogP contribution in [0.3, 0.4) is 0 Å². The van der Waals surface area contributed by atoms with Crippen molar-refractivity contribution in [3.05, 3.63) is 54.2 Å². The Morgan fingerprint density at radius 1 is 1.20 bits per heavy atom. The minimum atomic E-state index is -0.216. The molecular formula is C16H19N3O. The van der Waals surface area contributed by atoms with Crippen LogP contribution in [0.1, 0.15) is 25.8 Å². The molecule has 0 aliphatic carbocycles. The molecule has 4 heteroatoms. The highest BCUT2D eigenvalue weighted by molar-refractivity contribution is 5.91. The second-order valence-corrected chi connectivity index (χ2v) is 5.45. The van der Waals surface area contributed by atoms with Gasteiger partial charge in [-0.3, -0.25) is 4.79 Å². The molecule has 0 fully saturated rings. The van der Waals surface area contributed by atoms with Crippen molar-refractivity contribution in [3.63, 3.8) is 0 Å². The number of nitrogens with two attached hydrogens (primary N) is 1. The summed E-state index contributed by atoms with van der Waals surface area (Å²) in [5.41, 5.74) is 7.10. The molecule has 1 aromatic heterocycles. The molecular weight excluding hydrogens is 250 g/mol. The molecule has 0 aliphatic heterocycles. The van der Waals surface area contributed by atoms with E-state index in [0.717, 1.165) is 5.56 Å². The van der Waals surface area contributed by atoms with Crippen molar-refractivity contribution in [2.24, 2.45) is 0 Å². The van der Waals surface area contributed by atoms with E-state index in [1.807, 2.05) is 30.3 Å². The SMILES string of the molecule is CC(C)(CC(=O)Nc1ccc(N)nc1)c1ccccc1. The number of amides is 1. The fraction of sp³-hybridized carbons (Fsp3) is 0.250. The van der Waals surface area contributed by atoms with Crippen molar-refractivity contribution in [3.8, 4) is 0 Å². The number of carbonyl (C=O) groups is 1. The molecule has 2 rings (SSSR count). The summed E-state index contributed by atoms with van der Waals surface area (Å²) in [6, 6.07) is 13.4. The highest BCUT2D eigenvalue weighted by Gasteiger charge is 2.24. The topological polar surface area (TPSA) is 68.0 Å². The van der Waals surface area contributed by atoms with E-state index < -0.39 is 0 Å². The maximum Gasteiger partial charge on any atom is 0.225 e. The predicted octanol–water partition coefficient (Wildman–Crippen LogP) is 2.97. The molecule has 0 saturated carbocycles. The number of aromatic nitrogens is 1. The summed E-state index contributed by atoms with van der Waals surface area (Å²) in [6.45, 7) is 4.12.